The van der Waals surface area contributed by atoms with E-state index < -0.39 is 11.7 Å². The molecule has 8 heteroatoms. The maximum absolute atomic E-state index is 11.9. The van der Waals surface area contributed by atoms with Gasteiger partial charge in [0, 0.05) is 33.2 Å². The number of nitrogens with one attached hydrogen (secondary N) is 2. The number of aliphatic hydroxyl groups is 1. The Bertz CT molecular complexity index is 591. The summed E-state index contributed by atoms with van der Waals surface area (Å²) in [6.07, 6.45) is -0.341. The molecule has 0 aliphatic carbocycles. The van der Waals surface area contributed by atoms with Crippen LogP contribution in [0, 0.1) is 0 Å². The lowest BCUT2D eigenvalue weighted by atomic mass is 10.1. The molecule has 0 heterocycles. The molecule has 1 unspecified atom stereocenters. The number of halogens is 1. The Morgan fingerprint density at radius 3 is 2.46 bits per heavy atom. The van der Waals surface area contributed by atoms with Gasteiger partial charge in [-0.05, 0) is 39.7 Å². The number of nitrogens with zero attached hydrogens (tertiary/aromatic N) is 2. The summed E-state index contributed by atoms with van der Waals surface area (Å²) in [5, 5.41) is 16.5. The van der Waals surface area contributed by atoms with Gasteiger partial charge in [-0.1, -0.05) is 30.3 Å². The van der Waals surface area contributed by atoms with Crippen molar-refractivity contribution < 1.29 is 14.6 Å². The first-order chi connectivity index (χ1) is 12.7. The van der Waals surface area contributed by atoms with E-state index in [-0.39, 0.29) is 30.1 Å². The summed E-state index contributed by atoms with van der Waals surface area (Å²) in [7, 11) is 1.70. The first-order valence-corrected chi connectivity index (χ1v) is 9.42. The SMILES string of the molecule is CCNC(=NCCC(O)c1ccccc1)NCCN(C)C(=O)OC(C)(C)C.I. The topological polar surface area (TPSA) is 86.2 Å². The quantitative estimate of drug-likeness (QED) is 0.287. The fourth-order valence-electron chi connectivity index (χ4n) is 2.26. The molecule has 0 radical (unpaired) electrons. The summed E-state index contributed by atoms with van der Waals surface area (Å²) < 4.78 is 5.32. The van der Waals surface area contributed by atoms with Crippen molar-refractivity contribution in [3.8, 4) is 0 Å². The molecular formula is C20H35IN4O3. The molecule has 160 valence electrons. The van der Waals surface area contributed by atoms with Crippen molar-refractivity contribution >= 4 is 36.0 Å². The molecular weight excluding hydrogens is 471 g/mol. The lowest BCUT2D eigenvalue weighted by Crippen LogP contribution is -2.43. The highest BCUT2D eigenvalue weighted by Crippen LogP contribution is 2.15. The maximum Gasteiger partial charge on any atom is 0.410 e. The van der Waals surface area contributed by atoms with Gasteiger partial charge in [-0.15, -0.1) is 24.0 Å². The maximum atomic E-state index is 11.9. The number of ether oxygens (including phenoxy) is 1. The Labute approximate surface area is 186 Å². The highest BCUT2D eigenvalue weighted by molar-refractivity contribution is 14.0. The van der Waals surface area contributed by atoms with Crippen molar-refractivity contribution in [3.63, 3.8) is 0 Å². The summed E-state index contributed by atoms with van der Waals surface area (Å²) in [6, 6.07) is 9.56. The zero-order valence-corrected chi connectivity index (χ0v) is 19.9. The Balaban J connectivity index is 0.00000729. The Morgan fingerprint density at radius 2 is 1.89 bits per heavy atom. The minimum Gasteiger partial charge on any atom is -0.444 e. The first kappa shape index (κ1) is 26.4. The van der Waals surface area contributed by atoms with E-state index >= 15 is 0 Å². The van der Waals surface area contributed by atoms with Gasteiger partial charge in [-0.2, -0.15) is 0 Å². The number of hydrogen-bond acceptors (Lipinski definition) is 4. The monoisotopic (exact) mass is 506 g/mol. The summed E-state index contributed by atoms with van der Waals surface area (Å²) in [6.45, 7) is 9.78. The van der Waals surface area contributed by atoms with Gasteiger partial charge in [-0.25, -0.2) is 4.79 Å². The van der Waals surface area contributed by atoms with Gasteiger partial charge in [0.2, 0.25) is 0 Å². The van der Waals surface area contributed by atoms with E-state index in [0.717, 1.165) is 12.1 Å². The van der Waals surface area contributed by atoms with E-state index in [2.05, 4.69) is 15.6 Å². The van der Waals surface area contributed by atoms with Crippen LogP contribution in [0.15, 0.2) is 35.3 Å². The van der Waals surface area contributed by atoms with Crippen molar-refractivity contribution in [2.45, 2.75) is 45.8 Å². The number of rotatable bonds is 8. The van der Waals surface area contributed by atoms with Gasteiger partial charge in [0.15, 0.2) is 5.96 Å². The van der Waals surface area contributed by atoms with E-state index in [0.29, 0.717) is 32.0 Å². The van der Waals surface area contributed by atoms with Crippen LogP contribution in [0.3, 0.4) is 0 Å². The van der Waals surface area contributed by atoms with Crippen molar-refractivity contribution in [3.05, 3.63) is 35.9 Å². The summed E-state index contributed by atoms with van der Waals surface area (Å²) in [5.41, 5.74) is 0.388. The third-order valence-electron chi connectivity index (χ3n) is 3.65. The smallest absolute Gasteiger partial charge is 0.410 e. The zero-order chi connectivity index (χ0) is 20.3. The van der Waals surface area contributed by atoms with E-state index in [1.807, 2.05) is 58.0 Å². The molecule has 7 nitrogen and oxygen atoms in total. The van der Waals surface area contributed by atoms with Gasteiger partial charge in [0.1, 0.15) is 5.60 Å². The average molecular weight is 506 g/mol. The number of carbonyl (C=O) groups is 1. The molecule has 0 spiro atoms. The van der Waals surface area contributed by atoms with Gasteiger partial charge >= 0.3 is 6.09 Å². The molecule has 0 bridgehead atoms. The van der Waals surface area contributed by atoms with Crippen molar-refractivity contribution in [1.82, 2.24) is 15.5 Å². The molecule has 1 aromatic carbocycles. The van der Waals surface area contributed by atoms with Crippen LogP contribution in [0.25, 0.3) is 0 Å². The first-order valence-electron chi connectivity index (χ1n) is 9.42. The van der Waals surface area contributed by atoms with Crippen LogP contribution in [0.1, 0.15) is 45.8 Å². The number of guanidine groups is 1. The Kier molecular flexibility index (Phi) is 12.8. The van der Waals surface area contributed by atoms with E-state index in [1.54, 1.807) is 7.05 Å². The molecule has 1 amide bonds. The fourth-order valence-corrected chi connectivity index (χ4v) is 2.26. The van der Waals surface area contributed by atoms with Crippen LogP contribution in [0.2, 0.25) is 0 Å². The number of likely N-dealkylation sites (N-methyl/N-ethyl adjacent to an activating group) is 1. The van der Waals surface area contributed by atoms with Crippen LogP contribution >= 0.6 is 24.0 Å². The number of hydrogen-bond donors (Lipinski definition) is 3. The van der Waals surface area contributed by atoms with Crippen molar-refractivity contribution in [1.29, 1.82) is 0 Å². The van der Waals surface area contributed by atoms with Gasteiger partial charge in [-0.3, -0.25) is 4.99 Å². The standard InChI is InChI=1S/C20H34N4O3.HI/c1-6-21-18(22-13-12-17(25)16-10-8-7-9-11-16)23-14-15-24(5)19(26)27-20(2,3)4;/h7-11,17,25H,6,12-15H2,1-5H3,(H2,21,22,23);1H. The number of amides is 1. The molecule has 1 aromatic rings. The predicted molar refractivity (Wildman–Crippen MR) is 124 cm³/mol. The fraction of sp³-hybridized carbons (Fsp3) is 0.600. The predicted octanol–water partition coefficient (Wildman–Crippen LogP) is 3.15. The van der Waals surface area contributed by atoms with Crippen LogP contribution in [0.4, 0.5) is 4.79 Å². The molecule has 0 fully saturated rings. The van der Waals surface area contributed by atoms with Gasteiger partial charge < -0.3 is 25.4 Å². The number of aliphatic hydroxyl groups excluding tert-OH is 1. The minimum absolute atomic E-state index is 0. The molecule has 0 aromatic heterocycles. The average Bonchev–Trinajstić information content (AvgIpc) is 2.60. The van der Waals surface area contributed by atoms with Crippen LogP contribution in [-0.2, 0) is 4.74 Å². The zero-order valence-electron chi connectivity index (χ0n) is 17.6. The normalized spacial score (nSPS) is 12.6. The van der Waals surface area contributed by atoms with Crippen LogP contribution < -0.4 is 10.6 Å². The van der Waals surface area contributed by atoms with Crippen LogP contribution in [0.5, 0.6) is 0 Å². The molecule has 28 heavy (non-hydrogen) atoms. The van der Waals surface area contributed by atoms with Gasteiger partial charge in [0.05, 0.1) is 6.10 Å². The van der Waals surface area contributed by atoms with Gasteiger partial charge in [0.25, 0.3) is 0 Å². The molecule has 0 saturated heterocycles. The number of carbonyl (C=O) groups excluding carboxylic acids is 1. The van der Waals surface area contributed by atoms with E-state index in [9.17, 15) is 9.90 Å². The van der Waals surface area contributed by atoms with Crippen LogP contribution in [-0.4, -0.2) is 60.9 Å². The second kappa shape index (κ2) is 13.6. The largest absolute Gasteiger partial charge is 0.444 e. The van der Waals surface area contributed by atoms with E-state index in [4.69, 9.17) is 4.74 Å². The molecule has 0 saturated carbocycles. The summed E-state index contributed by atoms with van der Waals surface area (Å²) >= 11 is 0. The minimum atomic E-state index is -0.531. The number of aliphatic imine (C=N–C) groups is 1. The third-order valence-corrected chi connectivity index (χ3v) is 3.65. The third kappa shape index (κ3) is 11.3. The highest BCUT2D eigenvalue weighted by Gasteiger charge is 2.19. The highest BCUT2D eigenvalue weighted by atomic mass is 127. The van der Waals surface area contributed by atoms with Crippen molar-refractivity contribution in [2.24, 2.45) is 4.99 Å². The summed E-state index contributed by atoms with van der Waals surface area (Å²) in [5.74, 6) is 0.662. The lowest BCUT2D eigenvalue weighted by molar-refractivity contribution is 0.0302. The molecule has 3 N–H and O–H groups in total. The molecule has 1 rings (SSSR count). The molecule has 1 atom stereocenters. The lowest BCUT2D eigenvalue weighted by Gasteiger charge is -2.25. The molecule has 0 aliphatic heterocycles. The second-order valence-corrected chi connectivity index (χ2v) is 7.30. The number of benzene rings is 1. The second-order valence-electron chi connectivity index (χ2n) is 7.30. The van der Waals surface area contributed by atoms with Crippen molar-refractivity contribution in [2.75, 3.05) is 33.2 Å². The van der Waals surface area contributed by atoms with E-state index in [1.165, 1.54) is 4.90 Å². The Morgan fingerprint density at radius 1 is 1.25 bits per heavy atom. The Hall–Kier alpha value is -1.55. The summed E-state index contributed by atoms with van der Waals surface area (Å²) in [4.78, 5) is 18.0. The molecule has 0 aliphatic rings.